The lowest BCUT2D eigenvalue weighted by Gasteiger charge is -2.33. The van der Waals surface area contributed by atoms with E-state index in [1.54, 1.807) is 28.2 Å². The number of aromatic nitrogens is 5. The van der Waals surface area contributed by atoms with Crippen molar-refractivity contribution in [3.8, 4) is 5.95 Å². The Balaban J connectivity index is 1.99. The van der Waals surface area contributed by atoms with Crippen molar-refractivity contribution in [1.29, 1.82) is 0 Å². The van der Waals surface area contributed by atoms with Crippen LogP contribution in [0, 0.1) is 0 Å². The summed E-state index contributed by atoms with van der Waals surface area (Å²) < 4.78 is 6.87. The summed E-state index contributed by atoms with van der Waals surface area (Å²) in [4.78, 5) is 29.6. The minimum absolute atomic E-state index is 0.0541. The predicted octanol–water partition coefficient (Wildman–Crippen LogP) is -1.67. The van der Waals surface area contributed by atoms with Gasteiger partial charge in [-0.2, -0.15) is 15.0 Å². The molecule has 1 aliphatic rings. The summed E-state index contributed by atoms with van der Waals surface area (Å²) >= 11 is 0. The van der Waals surface area contributed by atoms with Crippen LogP contribution in [0.25, 0.3) is 5.95 Å². The van der Waals surface area contributed by atoms with E-state index < -0.39 is 11.9 Å². The zero-order chi connectivity index (χ0) is 14.8. The quantitative estimate of drug-likeness (QED) is 0.684. The third-order valence-corrected chi connectivity index (χ3v) is 3.08. The van der Waals surface area contributed by atoms with E-state index in [1.807, 2.05) is 0 Å². The zero-order valence-electron chi connectivity index (χ0n) is 11.1. The number of morpholine rings is 1. The molecule has 1 unspecified atom stereocenters. The van der Waals surface area contributed by atoms with Gasteiger partial charge in [0.25, 0.3) is 0 Å². The van der Waals surface area contributed by atoms with Crippen molar-refractivity contribution < 1.29 is 9.53 Å². The number of carbonyl (C=O) groups is 1. The molecule has 1 fully saturated rings. The molecule has 0 bridgehead atoms. The Bertz CT molecular complexity index is 644. The molecule has 1 saturated heterocycles. The summed E-state index contributed by atoms with van der Waals surface area (Å²) in [7, 11) is 0. The van der Waals surface area contributed by atoms with Crippen molar-refractivity contribution in [3.05, 3.63) is 18.7 Å². The van der Waals surface area contributed by atoms with Gasteiger partial charge in [-0.05, 0) is 0 Å². The van der Waals surface area contributed by atoms with Gasteiger partial charge in [0.05, 0.1) is 13.2 Å². The number of nitrogens with zero attached hydrogens (tertiary/aromatic N) is 6. The molecule has 3 heterocycles. The first kappa shape index (κ1) is 13.2. The van der Waals surface area contributed by atoms with Crippen LogP contribution in [0.4, 0.5) is 11.9 Å². The zero-order valence-corrected chi connectivity index (χ0v) is 11.1. The number of primary amides is 1. The normalized spacial score (nSPS) is 18.7. The third-order valence-electron chi connectivity index (χ3n) is 3.08. The van der Waals surface area contributed by atoms with Crippen molar-refractivity contribution in [2.75, 3.05) is 30.4 Å². The number of anilines is 2. The first-order chi connectivity index (χ1) is 10.1. The van der Waals surface area contributed by atoms with Crippen LogP contribution in [0.2, 0.25) is 0 Å². The molecule has 0 aromatic carbocycles. The Morgan fingerprint density at radius 2 is 2.14 bits per heavy atom. The summed E-state index contributed by atoms with van der Waals surface area (Å²) in [5.74, 6) is 0.166. The first-order valence-corrected chi connectivity index (χ1v) is 6.29. The van der Waals surface area contributed by atoms with Crippen molar-refractivity contribution in [2.24, 2.45) is 5.73 Å². The molecule has 2 aromatic heterocycles. The Kier molecular flexibility index (Phi) is 3.36. The Morgan fingerprint density at radius 1 is 1.33 bits per heavy atom. The molecule has 3 rings (SSSR count). The van der Waals surface area contributed by atoms with Crippen molar-refractivity contribution in [3.63, 3.8) is 0 Å². The van der Waals surface area contributed by atoms with Gasteiger partial charge in [-0.25, -0.2) is 4.98 Å². The highest BCUT2D eigenvalue weighted by molar-refractivity contribution is 5.83. The lowest BCUT2D eigenvalue weighted by Crippen LogP contribution is -2.53. The molecule has 0 aliphatic carbocycles. The van der Waals surface area contributed by atoms with Gasteiger partial charge in [-0.1, -0.05) is 0 Å². The molecule has 10 nitrogen and oxygen atoms in total. The average Bonchev–Trinajstić information content (AvgIpc) is 3.01. The van der Waals surface area contributed by atoms with E-state index in [1.165, 1.54) is 0 Å². The van der Waals surface area contributed by atoms with Crippen LogP contribution in [-0.2, 0) is 9.53 Å². The smallest absolute Gasteiger partial charge is 0.242 e. The highest BCUT2D eigenvalue weighted by atomic mass is 16.5. The number of nitrogens with two attached hydrogens (primary N) is 2. The number of nitrogen functional groups attached to an aromatic ring is 1. The van der Waals surface area contributed by atoms with Crippen molar-refractivity contribution >= 4 is 17.8 Å². The van der Waals surface area contributed by atoms with E-state index in [9.17, 15) is 4.79 Å². The van der Waals surface area contributed by atoms with Crippen LogP contribution in [-0.4, -0.2) is 56.2 Å². The molecule has 2 aromatic rings. The molecule has 0 spiro atoms. The standard InChI is InChI=1S/C11H14N8O2/c12-8(20)7-5-21-4-3-19(7)11-16-9(13)15-10(17-11)18-2-1-14-6-18/h1-2,6-7H,3-5H2,(H2,12,20)(H2,13,15,16,17). The van der Waals surface area contributed by atoms with Gasteiger partial charge < -0.3 is 21.1 Å². The molecular weight excluding hydrogens is 276 g/mol. The van der Waals surface area contributed by atoms with Gasteiger partial charge in [0.2, 0.25) is 23.8 Å². The van der Waals surface area contributed by atoms with Crippen LogP contribution < -0.4 is 16.4 Å². The fourth-order valence-electron chi connectivity index (χ4n) is 2.07. The Morgan fingerprint density at radius 3 is 2.86 bits per heavy atom. The maximum atomic E-state index is 11.5. The summed E-state index contributed by atoms with van der Waals surface area (Å²) in [5, 5.41) is 0. The minimum atomic E-state index is -0.629. The summed E-state index contributed by atoms with van der Waals surface area (Å²) in [5.41, 5.74) is 11.1. The SMILES string of the molecule is NC(=O)C1COCCN1c1nc(N)nc(-n2ccnc2)n1. The molecule has 0 saturated carbocycles. The maximum absolute atomic E-state index is 11.5. The van der Waals surface area contributed by atoms with E-state index in [-0.39, 0.29) is 12.6 Å². The van der Waals surface area contributed by atoms with Crippen LogP contribution in [0.15, 0.2) is 18.7 Å². The molecule has 1 atom stereocenters. The molecule has 1 aliphatic heterocycles. The van der Waals surface area contributed by atoms with Gasteiger partial charge >= 0.3 is 0 Å². The summed E-state index contributed by atoms with van der Waals surface area (Å²) in [6.07, 6.45) is 4.83. The van der Waals surface area contributed by atoms with Gasteiger partial charge in [-0.3, -0.25) is 9.36 Å². The topological polar surface area (TPSA) is 138 Å². The predicted molar refractivity (Wildman–Crippen MR) is 72.5 cm³/mol. The lowest BCUT2D eigenvalue weighted by molar-refractivity contribution is -0.121. The second-order valence-electron chi connectivity index (χ2n) is 4.45. The van der Waals surface area contributed by atoms with E-state index in [4.69, 9.17) is 16.2 Å². The maximum Gasteiger partial charge on any atom is 0.242 e. The summed E-state index contributed by atoms with van der Waals surface area (Å²) in [6, 6.07) is -0.629. The molecule has 1 amide bonds. The highest BCUT2D eigenvalue weighted by Crippen LogP contribution is 2.17. The highest BCUT2D eigenvalue weighted by Gasteiger charge is 2.30. The number of amides is 1. The van der Waals surface area contributed by atoms with Crippen LogP contribution in [0.5, 0.6) is 0 Å². The summed E-state index contributed by atoms with van der Waals surface area (Å²) in [6.45, 7) is 1.09. The van der Waals surface area contributed by atoms with Gasteiger partial charge in [0.1, 0.15) is 12.4 Å². The lowest BCUT2D eigenvalue weighted by atomic mass is 10.2. The number of rotatable bonds is 3. The molecular formula is C11H14N8O2. The fourth-order valence-corrected chi connectivity index (χ4v) is 2.07. The largest absolute Gasteiger partial charge is 0.377 e. The number of hydrogen-bond acceptors (Lipinski definition) is 8. The minimum Gasteiger partial charge on any atom is -0.377 e. The van der Waals surface area contributed by atoms with Gasteiger partial charge in [0.15, 0.2) is 0 Å². The molecule has 10 heteroatoms. The second kappa shape index (κ2) is 5.32. The second-order valence-corrected chi connectivity index (χ2v) is 4.45. The molecule has 0 radical (unpaired) electrons. The van der Waals surface area contributed by atoms with Crippen LogP contribution >= 0.6 is 0 Å². The van der Waals surface area contributed by atoms with Crippen LogP contribution in [0.1, 0.15) is 0 Å². The first-order valence-electron chi connectivity index (χ1n) is 6.29. The van der Waals surface area contributed by atoms with E-state index in [2.05, 4.69) is 19.9 Å². The molecule has 110 valence electrons. The number of ether oxygens (including phenoxy) is 1. The number of imidazole rings is 1. The van der Waals surface area contributed by atoms with E-state index in [0.29, 0.717) is 25.0 Å². The van der Waals surface area contributed by atoms with E-state index >= 15 is 0 Å². The van der Waals surface area contributed by atoms with Crippen molar-refractivity contribution in [2.45, 2.75) is 6.04 Å². The Hall–Kier alpha value is -2.75. The van der Waals surface area contributed by atoms with E-state index in [0.717, 1.165) is 0 Å². The third kappa shape index (κ3) is 2.60. The van der Waals surface area contributed by atoms with Crippen molar-refractivity contribution in [1.82, 2.24) is 24.5 Å². The monoisotopic (exact) mass is 290 g/mol. The number of carbonyl (C=O) groups excluding carboxylic acids is 1. The fraction of sp³-hybridized carbons (Fsp3) is 0.364. The van der Waals surface area contributed by atoms with Gasteiger partial charge in [-0.15, -0.1) is 0 Å². The number of hydrogen-bond donors (Lipinski definition) is 2. The van der Waals surface area contributed by atoms with Gasteiger partial charge in [0, 0.05) is 18.9 Å². The van der Waals surface area contributed by atoms with Crippen LogP contribution in [0.3, 0.4) is 0 Å². The Labute approximate surface area is 119 Å². The molecule has 4 N–H and O–H groups in total. The molecule has 21 heavy (non-hydrogen) atoms. The average molecular weight is 290 g/mol.